The number of fused-ring (bicyclic) bond motifs is 8. The van der Waals surface area contributed by atoms with E-state index in [1.54, 1.807) is 36.4 Å². The number of anilines is 2. The smallest absolute Gasteiger partial charge is 0.264 e. The Morgan fingerprint density at radius 3 is 1.39 bits per heavy atom. The molecule has 2 spiro atoms. The lowest BCUT2D eigenvalue weighted by Gasteiger charge is -2.45. The Morgan fingerprint density at radius 1 is 0.562 bits per heavy atom. The number of hydrogen-bond donors (Lipinski definition) is 6. The minimum Gasteiger partial charge on any atom is -0.490 e. The van der Waals surface area contributed by atoms with Crippen LogP contribution in [0.5, 0.6) is 11.5 Å². The SMILES string of the molecule is O=C1C[C@@H](O)[C@@H]2CC[C@H]2CN2C[C@@]3(CCCc4cc(Cl)ccc43)COc3ccc(cc32)C(=O)NS(=O)(=O)CCN1.O=C1C[C@H](O)[C@@H]2CC[C@H]2CN2C[C@@]3(CCCc4cc(Cl)ccc43)COc3ccc(cc32)C(=O)NS(=O)(=O)CCN1. The van der Waals surface area contributed by atoms with Gasteiger partial charge < -0.3 is 40.1 Å². The summed E-state index contributed by atoms with van der Waals surface area (Å²) in [6, 6.07) is 22.2. The van der Waals surface area contributed by atoms with Crippen molar-refractivity contribution in [1.82, 2.24) is 20.1 Å². The highest BCUT2D eigenvalue weighted by atomic mass is 35.5. The molecule has 4 aliphatic heterocycles. The number of amides is 4. The molecular formula is C58H68Cl2N6O12S2. The van der Waals surface area contributed by atoms with Gasteiger partial charge in [-0.3, -0.25) is 19.2 Å². The van der Waals surface area contributed by atoms with Crippen molar-refractivity contribution in [3.8, 4) is 11.5 Å². The van der Waals surface area contributed by atoms with Gasteiger partial charge in [-0.05, 0) is 171 Å². The van der Waals surface area contributed by atoms with Crippen LogP contribution in [0.3, 0.4) is 0 Å². The third-order valence-electron chi connectivity index (χ3n) is 18.1. The molecular weight excluding hydrogens is 1110 g/mol. The topological polar surface area (TPSA) is 250 Å². The standard InChI is InChI=1S/2C29H34ClN3O6S/c2*30-21-5-7-23-18(12-21)2-1-9-29(23)16-33-15-20-3-6-22(20)25(34)14-27(35)31-10-11-40(37,38)32-28(36)19-4-8-26(39-17-29)24(33)13-19/h2*4-5,7-8,12-13,20,22,25,34H,1-3,6,9-11,14-17H2,(H,31,35)(H,32,36)/t20-,22+,25+,29-;20-,22+,25-,29-/m00/s1. The van der Waals surface area contributed by atoms with Crippen LogP contribution in [-0.2, 0) is 53.3 Å². The number of aryl methyl sites for hydroxylation is 2. The molecule has 4 aromatic rings. The predicted octanol–water partition coefficient (Wildman–Crippen LogP) is 5.56. The van der Waals surface area contributed by atoms with Gasteiger partial charge in [0.15, 0.2) is 0 Å². The normalized spacial score (nSPS) is 30.1. The summed E-state index contributed by atoms with van der Waals surface area (Å²) >= 11 is 12.7. The fraction of sp³-hybridized carbons (Fsp3) is 0.517. The second-order valence-corrected chi connectivity index (χ2v) is 27.9. The first kappa shape index (κ1) is 56.2. The molecule has 0 saturated heterocycles. The lowest BCUT2D eigenvalue weighted by atomic mass is 9.68. The summed E-state index contributed by atoms with van der Waals surface area (Å²) in [7, 11) is -7.97. The van der Waals surface area contributed by atoms with Gasteiger partial charge in [-0.2, -0.15) is 0 Å². The number of carbonyl (C=O) groups is 4. The number of aliphatic hydroxyl groups is 2. The van der Waals surface area contributed by atoms with Gasteiger partial charge in [0.25, 0.3) is 11.8 Å². The van der Waals surface area contributed by atoms with Crippen LogP contribution in [0.1, 0.15) is 107 Å². The zero-order valence-corrected chi connectivity index (χ0v) is 47.5. The van der Waals surface area contributed by atoms with E-state index in [-0.39, 0.29) is 71.6 Å². The molecule has 8 atom stereocenters. The quantitative estimate of drug-likeness (QED) is 0.126. The molecule has 4 amide bonds. The van der Waals surface area contributed by atoms with E-state index in [2.05, 4.69) is 42.0 Å². The molecule has 0 unspecified atom stereocenters. The van der Waals surface area contributed by atoms with Crippen LogP contribution in [0.4, 0.5) is 11.4 Å². The Morgan fingerprint density at radius 2 is 0.988 bits per heavy atom. The molecule has 0 radical (unpaired) electrons. The summed E-state index contributed by atoms with van der Waals surface area (Å²) in [6.45, 7) is 3.13. The third-order valence-corrected chi connectivity index (χ3v) is 21.1. The summed E-state index contributed by atoms with van der Waals surface area (Å²) in [6.07, 6.45) is 7.41. The number of hydrogen-bond acceptors (Lipinski definition) is 14. The van der Waals surface area contributed by atoms with Gasteiger partial charge in [0.05, 0.1) is 61.1 Å². The van der Waals surface area contributed by atoms with Gasteiger partial charge >= 0.3 is 0 Å². The Labute approximate surface area is 476 Å². The molecule has 8 aliphatic rings. The monoisotopic (exact) mass is 1170 g/mol. The summed E-state index contributed by atoms with van der Waals surface area (Å²) in [5.41, 5.74) is 6.15. The van der Waals surface area contributed by atoms with E-state index < -0.39 is 67.4 Å². The Hall–Kier alpha value is -5.64. The van der Waals surface area contributed by atoms with Crippen LogP contribution in [-0.4, -0.2) is 127 Å². The van der Waals surface area contributed by atoms with Crippen molar-refractivity contribution >= 4 is 78.3 Å². The molecule has 4 bridgehead atoms. The summed E-state index contributed by atoms with van der Waals surface area (Å²) in [4.78, 5) is 55.5. The van der Waals surface area contributed by atoms with E-state index in [9.17, 15) is 46.2 Å². The number of nitrogens with zero attached hydrogens (tertiary/aromatic N) is 2. The van der Waals surface area contributed by atoms with Crippen molar-refractivity contribution in [2.24, 2.45) is 23.7 Å². The third kappa shape index (κ3) is 11.8. The molecule has 428 valence electrons. The number of nitrogens with one attached hydrogen (secondary N) is 4. The van der Waals surface area contributed by atoms with Crippen LogP contribution < -0.4 is 39.4 Å². The molecule has 6 N–H and O–H groups in total. The molecule has 12 rings (SSSR count). The van der Waals surface area contributed by atoms with Crippen LogP contribution >= 0.6 is 23.2 Å². The molecule has 80 heavy (non-hydrogen) atoms. The second-order valence-electron chi connectivity index (χ2n) is 23.3. The number of benzene rings is 4. The maximum Gasteiger partial charge on any atom is 0.264 e. The van der Waals surface area contributed by atoms with E-state index in [4.69, 9.17) is 32.7 Å². The highest BCUT2D eigenvalue weighted by Crippen LogP contribution is 2.49. The van der Waals surface area contributed by atoms with E-state index in [1.165, 1.54) is 22.3 Å². The van der Waals surface area contributed by atoms with Gasteiger partial charge in [0, 0.05) is 71.3 Å². The zero-order chi connectivity index (χ0) is 56.1. The summed E-state index contributed by atoms with van der Waals surface area (Å²) in [5.74, 6) is -1.66. The van der Waals surface area contributed by atoms with Crippen molar-refractivity contribution < 1.29 is 55.7 Å². The average Bonchev–Trinajstić information content (AvgIpc) is 3.68. The van der Waals surface area contributed by atoms with Crippen molar-refractivity contribution in [2.45, 2.75) is 100 Å². The minimum absolute atomic E-state index is 0.0464. The molecule has 0 aromatic heterocycles. The fourth-order valence-corrected chi connectivity index (χ4v) is 15.8. The lowest BCUT2D eigenvalue weighted by Crippen LogP contribution is -2.50. The van der Waals surface area contributed by atoms with Crippen LogP contribution in [0.2, 0.25) is 10.0 Å². The average molecular weight is 1180 g/mol. The van der Waals surface area contributed by atoms with Crippen molar-refractivity contribution in [3.63, 3.8) is 0 Å². The zero-order valence-electron chi connectivity index (χ0n) is 44.4. The van der Waals surface area contributed by atoms with Crippen LogP contribution in [0, 0.1) is 23.7 Å². The Balaban J connectivity index is 0.000000169. The van der Waals surface area contributed by atoms with E-state index >= 15 is 0 Å². The molecule has 4 heterocycles. The molecule has 22 heteroatoms. The van der Waals surface area contributed by atoms with E-state index in [1.807, 2.05) is 24.3 Å². The van der Waals surface area contributed by atoms with E-state index in [0.29, 0.717) is 60.9 Å². The van der Waals surface area contributed by atoms with Gasteiger partial charge in [-0.25, -0.2) is 26.3 Å². The van der Waals surface area contributed by atoms with Crippen molar-refractivity contribution in [1.29, 1.82) is 0 Å². The molecule has 2 saturated carbocycles. The van der Waals surface area contributed by atoms with Crippen LogP contribution in [0.25, 0.3) is 0 Å². The second kappa shape index (κ2) is 22.6. The maximum atomic E-state index is 13.0. The van der Waals surface area contributed by atoms with Crippen molar-refractivity contribution in [2.75, 3.05) is 73.8 Å². The number of halogens is 2. The number of sulfonamides is 2. The number of aliphatic hydroxyl groups excluding tert-OH is 2. The van der Waals surface area contributed by atoms with Crippen LogP contribution in [0.15, 0.2) is 72.8 Å². The molecule has 2 fully saturated rings. The maximum absolute atomic E-state index is 13.0. The molecule has 18 nitrogen and oxygen atoms in total. The largest absolute Gasteiger partial charge is 0.490 e. The van der Waals surface area contributed by atoms with Gasteiger partial charge in [0.2, 0.25) is 31.9 Å². The van der Waals surface area contributed by atoms with Gasteiger partial charge in [-0.15, -0.1) is 0 Å². The Bertz CT molecular complexity index is 3120. The first-order valence-corrected chi connectivity index (χ1v) is 31.9. The Kier molecular flexibility index (Phi) is 15.9. The summed E-state index contributed by atoms with van der Waals surface area (Å²) < 4.78 is 67.4. The van der Waals surface area contributed by atoms with Gasteiger partial charge in [0.1, 0.15) is 11.5 Å². The summed E-state index contributed by atoms with van der Waals surface area (Å²) in [5, 5.41) is 28.4. The lowest BCUT2D eigenvalue weighted by molar-refractivity contribution is -0.125. The first-order chi connectivity index (χ1) is 38.2. The number of rotatable bonds is 0. The minimum atomic E-state index is -3.99. The molecule has 4 aromatic carbocycles. The highest BCUT2D eigenvalue weighted by molar-refractivity contribution is 7.90. The molecule has 4 aliphatic carbocycles. The van der Waals surface area contributed by atoms with Crippen molar-refractivity contribution in [3.05, 3.63) is 116 Å². The highest BCUT2D eigenvalue weighted by Gasteiger charge is 2.47. The van der Waals surface area contributed by atoms with Gasteiger partial charge in [-0.1, -0.05) is 35.3 Å². The first-order valence-electron chi connectivity index (χ1n) is 27.9. The van der Waals surface area contributed by atoms with E-state index in [0.717, 1.165) is 75.6 Å². The number of carbonyl (C=O) groups excluding carboxylic acids is 4. The number of ether oxygens (including phenoxy) is 2. The fourth-order valence-electron chi connectivity index (χ4n) is 13.7. The predicted molar refractivity (Wildman–Crippen MR) is 303 cm³/mol.